The second kappa shape index (κ2) is 3.66. The molecule has 0 spiro atoms. The molecule has 1 aliphatic carbocycles. The maximum atomic E-state index is 11.6. The van der Waals surface area contributed by atoms with Crippen LogP contribution in [0.15, 0.2) is 30.0 Å². The molecule has 1 aromatic rings. The van der Waals surface area contributed by atoms with E-state index in [1.165, 1.54) is 0 Å². The molecular weight excluding hydrogens is 176 g/mol. The number of benzene rings is 1. The number of rotatable bonds is 2. The number of hydrogen-bond donors (Lipinski definition) is 0. The van der Waals surface area contributed by atoms with Gasteiger partial charge in [0.15, 0.2) is 5.76 Å². The first-order chi connectivity index (χ1) is 6.81. The predicted octanol–water partition coefficient (Wildman–Crippen LogP) is 2.19. The van der Waals surface area contributed by atoms with Crippen LogP contribution in [0, 0.1) is 0 Å². The molecule has 2 rings (SSSR count). The highest BCUT2D eigenvalue weighted by Gasteiger charge is 2.18. The summed E-state index contributed by atoms with van der Waals surface area (Å²) in [5, 5.41) is 0. The standard InChI is InChI=1S/C12H12O2/c1-2-14-12-8-10-6-4-3-5-9(10)7-11(12)13/h3-6,8H,2,7H2,1H3. The van der Waals surface area contributed by atoms with E-state index in [0.717, 1.165) is 11.1 Å². The molecule has 72 valence electrons. The van der Waals surface area contributed by atoms with Gasteiger partial charge in [-0.15, -0.1) is 0 Å². The van der Waals surface area contributed by atoms with E-state index in [4.69, 9.17) is 4.74 Å². The van der Waals surface area contributed by atoms with E-state index < -0.39 is 0 Å². The van der Waals surface area contributed by atoms with E-state index in [0.29, 0.717) is 18.8 Å². The molecule has 0 N–H and O–H groups in total. The molecule has 2 nitrogen and oxygen atoms in total. The van der Waals surface area contributed by atoms with Crippen molar-refractivity contribution in [3.05, 3.63) is 41.2 Å². The third-order valence-electron chi connectivity index (χ3n) is 2.27. The summed E-state index contributed by atoms with van der Waals surface area (Å²) < 4.78 is 5.26. The van der Waals surface area contributed by atoms with Gasteiger partial charge in [0.2, 0.25) is 5.78 Å². The van der Waals surface area contributed by atoms with Gasteiger partial charge in [0.05, 0.1) is 6.61 Å². The molecule has 14 heavy (non-hydrogen) atoms. The van der Waals surface area contributed by atoms with Crippen LogP contribution in [0.3, 0.4) is 0 Å². The number of hydrogen-bond acceptors (Lipinski definition) is 2. The fourth-order valence-corrected chi connectivity index (χ4v) is 1.60. The van der Waals surface area contributed by atoms with Gasteiger partial charge in [-0.05, 0) is 24.1 Å². The van der Waals surface area contributed by atoms with Crippen molar-refractivity contribution in [3.63, 3.8) is 0 Å². The lowest BCUT2D eigenvalue weighted by Crippen LogP contribution is -2.14. The van der Waals surface area contributed by atoms with Crippen molar-refractivity contribution in [2.75, 3.05) is 6.61 Å². The molecule has 1 aromatic carbocycles. The summed E-state index contributed by atoms with van der Waals surface area (Å²) in [4.78, 5) is 11.6. The van der Waals surface area contributed by atoms with Crippen molar-refractivity contribution in [1.82, 2.24) is 0 Å². The Morgan fingerprint density at radius 1 is 1.36 bits per heavy atom. The van der Waals surface area contributed by atoms with Crippen LogP contribution in [0.2, 0.25) is 0 Å². The van der Waals surface area contributed by atoms with E-state index in [1.54, 1.807) is 0 Å². The van der Waals surface area contributed by atoms with E-state index in [9.17, 15) is 4.79 Å². The molecule has 0 aliphatic heterocycles. The summed E-state index contributed by atoms with van der Waals surface area (Å²) in [7, 11) is 0. The van der Waals surface area contributed by atoms with Crippen molar-refractivity contribution in [2.45, 2.75) is 13.3 Å². The minimum atomic E-state index is 0.0746. The Hall–Kier alpha value is -1.57. The third-order valence-corrected chi connectivity index (χ3v) is 2.27. The van der Waals surface area contributed by atoms with Gasteiger partial charge in [-0.2, -0.15) is 0 Å². The number of carbonyl (C=O) groups is 1. The van der Waals surface area contributed by atoms with E-state index in [1.807, 2.05) is 37.3 Å². The van der Waals surface area contributed by atoms with E-state index >= 15 is 0 Å². The number of fused-ring (bicyclic) bond motifs is 1. The molecule has 0 saturated carbocycles. The Morgan fingerprint density at radius 3 is 2.93 bits per heavy atom. The van der Waals surface area contributed by atoms with Gasteiger partial charge >= 0.3 is 0 Å². The van der Waals surface area contributed by atoms with Crippen molar-refractivity contribution in [3.8, 4) is 0 Å². The van der Waals surface area contributed by atoms with Crippen LogP contribution >= 0.6 is 0 Å². The molecular formula is C12H12O2. The summed E-state index contributed by atoms with van der Waals surface area (Å²) in [6.45, 7) is 2.42. The highest BCUT2D eigenvalue weighted by molar-refractivity contribution is 6.01. The Labute approximate surface area is 83.2 Å². The van der Waals surface area contributed by atoms with Crippen LogP contribution in [0.5, 0.6) is 0 Å². The Bertz CT molecular complexity index is 391. The highest BCUT2D eigenvalue weighted by Crippen LogP contribution is 2.21. The zero-order valence-corrected chi connectivity index (χ0v) is 8.12. The Balaban J connectivity index is 2.39. The zero-order chi connectivity index (χ0) is 9.97. The first-order valence-electron chi connectivity index (χ1n) is 4.77. The van der Waals surface area contributed by atoms with Crippen molar-refractivity contribution < 1.29 is 9.53 Å². The van der Waals surface area contributed by atoms with E-state index in [2.05, 4.69) is 0 Å². The minimum Gasteiger partial charge on any atom is -0.490 e. The maximum Gasteiger partial charge on any atom is 0.201 e. The summed E-state index contributed by atoms with van der Waals surface area (Å²) in [6, 6.07) is 7.90. The van der Waals surface area contributed by atoms with Crippen LogP contribution in [0.1, 0.15) is 18.1 Å². The predicted molar refractivity (Wildman–Crippen MR) is 54.8 cm³/mol. The van der Waals surface area contributed by atoms with Gasteiger partial charge in [0.25, 0.3) is 0 Å². The van der Waals surface area contributed by atoms with Crippen LogP contribution in [0.25, 0.3) is 6.08 Å². The minimum absolute atomic E-state index is 0.0746. The molecule has 0 atom stereocenters. The number of ketones is 1. The first-order valence-corrected chi connectivity index (χ1v) is 4.77. The molecule has 0 radical (unpaired) electrons. The van der Waals surface area contributed by atoms with Crippen LogP contribution in [-0.2, 0) is 16.0 Å². The highest BCUT2D eigenvalue weighted by atomic mass is 16.5. The fourth-order valence-electron chi connectivity index (χ4n) is 1.60. The van der Waals surface area contributed by atoms with Crippen molar-refractivity contribution in [1.29, 1.82) is 0 Å². The second-order valence-electron chi connectivity index (χ2n) is 3.24. The molecule has 0 heterocycles. The quantitative estimate of drug-likeness (QED) is 0.711. The average molecular weight is 188 g/mol. The normalized spacial score (nSPS) is 14.6. The number of carbonyl (C=O) groups excluding carboxylic acids is 1. The average Bonchev–Trinajstić information content (AvgIpc) is 2.19. The number of allylic oxidation sites excluding steroid dienone is 1. The summed E-state index contributed by atoms with van der Waals surface area (Å²) in [6.07, 6.45) is 2.28. The van der Waals surface area contributed by atoms with Crippen LogP contribution in [0.4, 0.5) is 0 Å². The van der Waals surface area contributed by atoms with Crippen LogP contribution < -0.4 is 0 Å². The molecule has 2 heteroatoms. The third kappa shape index (κ3) is 1.55. The molecule has 0 bridgehead atoms. The lowest BCUT2D eigenvalue weighted by molar-refractivity contribution is -0.118. The lowest BCUT2D eigenvalue weighted by atomic mass is 9.95. The maximum absolute atomic E-state index is 11.6. The molecule has 0 aromatic heterocycles. The number of Topliss-reactive ketones (excluding diaryl/α,β-unsaturated/α-hetero) is 1. The largest absolute Gasteiger partial charge is 0.490 e. The van der Waals surface area contributed by atoms with Crippen molar-refractivity contribution >= 4 is 11.9 Å². The molecule has 0 saturated heterocycles. The topological polar surface area (TPSA) is 26.3 Å². The smallest absolute Gasteiger partial charge is 0.201 e. The monoisotopic (exact) mass is 188 g/mol. The molecule has 0 amide bonds. The van der Waals surface area contributed by atoms with E-state index in [-0.39, 0.29) is 5.78 Å². The zero-order valence-electron chi connectivity index (χ0n) is 8.12. The van der Waals surface area contributed by atoms with Gasteiger partial charge in [-0.3, -0.25) is 4.79 Å². The van der Waals surface area contributed by atoms with Crippen molar-refractivity contribution in [2.24, 2.45) is 0 Å². The van der Waals surface area contributed by atoms with Gasteiger partial charge in [-0.1, -0.05) is 24.3 Å². The fraction of sp³-hybridized carbons (Fsp3) is 0.250. The van der Waals surface area contributed by atoms with Gasteiger partial charge in [-0.25, -0.2) is 0 Å². The van der Waals surface area contributed by atoms with Gasteiger partial charge in [0.1, 0.15) is 0 Å². The Kier molecular flexibility index (Phi) is 2.35. The SMILES string of the molecule is CCOC1=Cc2ccccc2CC1=O. The molecule has 1 aliphatic rings. The van der Waals surface area contributed by atoms with Gasteiger partial charge < -0.3 is 4.74 Å². The van der Waals surface area contributed by atoms with Crippen LogP contribution in [-0.4, -0.2) is 12.4 Å². The number of ether oxygens (including phenoxy) is 1. The summed E-state index contributed by atoms with van der Waals surface area (Å²) in [5.74, 6) is 0.566. The molecule has 0 fully saturated rings. The summed E-state index contributed by atoms with van der Waals surface area (Å²) >= 11 is 0. The summed E-state index contributed by atoms with van der Waals surface area (Å²) in [5.41, 5.74) is 2.18. The molecule has 0 unspecified atom stereocenters. The Morgan fingerprint density at radius 2 is 2.14 bits per heavy atom. The second-order valence-corrected chi connectivity index (χ2v) is 3.24. The lowest BCUT2D eigenvalue weighted by Gasteiger charge is -2.14. The first kappa shape index (κ1) is 9.00. The van der Waals surface area contributed by atoms with Gasteiger partial charge in [0, 0.05) is 6.42 Å².